The molecule has 0 aromatic carbocycles. The fraction of sp³-hybridized carbons (Fsp3) is 0.375. The van der Waals surface area contributed by atoms with Crippen LogP contribution in [0.3, 0.4) is 0 Å². The van der Waals surface area contributed by atoms with Gasteiger partial charge in [0.05, 0.1) is 5.70 Å². The first-order valence-electron chi connectivity index (χ1n) is 3.27. The van der Waals surface area contributed by atoms with E-state index in [0.29, 0.717) is 0 Å². The number of rotatable bonds is 2. The Hall–Kier alpha value is -0.890. The third kappa shape index (κ3) is 1.16. The van der Waals surface area contributed by atoms with Crippen LogP contribution in [0.25, 0.3) is 0 Å². The van der Waals surface area contributed by atoms with Gasteiger partial charge in [-0.25, -0.2) is 0 Å². The standard InChI is InChI=1S/C8H12N2/c1-4-7-5-10(3)6-8(7)9-2/h4H,1-2,5-6H2,3H3. The molecule has 0 aromatic heterocycles. The molecule has 0 radical (unpaired) electrons. The van der Waals surface area contributed by atoms with Crippen molar-refractivity contribution in [1.82, 2.24) is 4.90 Å². The van der Waals surface area contributed by atoms with E-state index in [4.69, 9.17) is 0 Å². The Morgan fingerprint density at radius 1 is 1.60 bits per heavy atom. The average Bonchev–Trinajstić information content (AvgIpc) is 2.30. The van der Waals surface area contributed by atoms with Crippen LogP contribution in [0.4, 0.5) is 0 Å². The van der Waals surface area contributed by atoms with Crippen molar-refractivity contribution >= 4 is 6.72 Å². The van der Waals surface area contributed by atoms with Crippen molar-refractivity contribution in [2.45, 2.75) is 0 Å². The van der Waals surface area contributed by atoms with E-state index >= 15 is 0 Å². The maximum absolute atomic E-state index is 3.91. The first kappa shape index (κ1) is 7.22. The highest BCUT2D eigenvalue weighted by atomic mass is 15.1. The Morgan fingerprint density at radius 2 is 2.30 bits per heavy atom. The molecular formula is C8H12N2. The second-order valence-corrected chi connectivity index (χ2v) is 2.51. The van der Waals surface area contributed by atoms with Gasteiger partial charge in [-0.15, -0.1) is 0 Å². The van der Waals surface area contributed by atoms with E-state index in [9.17, 15) is 0 Å². The zero-order valence-corrected chi connectivity index (χ0v) is 6.30. The SMILES string of the molecule is C=CC1=C(N=C)CN(C)C1. The summed E-state index contributed by atoms with van der Waals surface area (Å²) in [5, 5.41) is 0. The monoisotopic (exact) mass is 136 g/mol. The normalized spacial score (nSPS) is 19.7. The van der Waals surface area contributed by atoms with Crippen molar-refractivity contribution < 1.29 is 0 Å². The molecule has 0 N–H and O–H groups in total. The number of aliphatic imine (C=N–C) groups is 1. The van der Waals surface area contributed by atoms with Crippen molar-refractivity contribution in [2.24, 2.45) is 4.99 Å². The van der Waals surface area contributed by atoms with Gasteiger partial charge < -0.3 is 0 Å². The van der Waals surface area contributed by atoms with E-state index in [1.165, 1.54) is 5.57 Å². The number of hydrogen-bond acceptors (Lipinski definition) is 2. The number of likely N-dealkylation sites (N-methyl/N-ethyl adjacent to an activating group) is 1. The highest BCUT2D eigenvalue weighted by Crippen LogP contribution is 2.16. The molecule has 0 amide bonds. The first-order chi connectivity index (χ1) is 4.77. The summed E-state index contributed by atoms with van der Waals surface area (Å²) in [6.07, 6.45) is 1.85. The minimum atomic E-state index is 0.908. The maximum Gasteiger partial charge on any atom is 0.0581 e. The van der Waals surface area contributed by atoms with Gasteiger partial charge >= 0.3 is 0 Å². The highest BCUT2D eigenvalue weighted by molar-refractivity contribution is 5.37. The van der Waals surface area contributed by atoms with E-state index in [-0.39, 0.29) is 0 Å². The van der Waals surface area contributed by atoms with Crippen molar-refractivity contribution in [3.63, 3.8) is 0 Å². The molecule has 0 atom stereocenters. The van der Waals surface area contributed by atoms with Gasteiger partial charge in [0.1, 0.15) is 0 Å². The topological polar surface area (TPSA) is 15.6 Å². The van der Waals surface area contributed by atoms with Crippen LogP contribution in [0.1, 0.15) is 0 Å². The third-order valence-electron chi connectivity index (χ3n) is 1.67. The van der Waals surface area contributed by atoms with Gasteiger partial charge in [-0.2, -0.15) is 0 Å². The molecule has 1 aliphatic rings. The molecule has 10 heavy (non-hydrogen) atoms. The summed E-state index contributed by atoms with van der Waals surface area (Å²) in [5.74, 6) is 0. The first-order valence-corrected chi connectivity index (χ1v) is 3.27. The lowest BCUT2D eigenvalue weighted by Crippen LogP contribution is -2.14. The van der Waals surface area contributed by atoms with Crippen LogP contribution in [0.5, 0.6) is 0 Å². The van der Waals surface area contributed by atoms with E-state index in [0.717, 1.165) is 18.8 Å². The molecule has 0 fully saturated rings. The van der Waals surface area contributed by atoms with Crippen LogP contribution in [0.2, 0.25) is 0 Å². The molecule has 2 heteroatoms. The molecule has 1 rings (SSSR count). The molecule has 0 saturated carbocycles. The van der Waals surface area contributed by atoms with Crippen LogP contribution >= 0.6 is 0 Å². The van der Waals surface area contributed by atoms with Gasteiger partial charge in [0.25, 0.3) is 0 Å². The van der Waals surface area contributed by atoms with Gasteiger partial charge in [-0.1, -0.05) is 12.7 Å². The largest absolute Gasteiger partial charge is 0.296 e. The zero-order chi connectivity index (χ0) is 7.56. The van der Waals surface area contributed by atoms with Crippen LogP contribution in [0, 0.1) is 0 Å². The van der Waals surface area contributed by atoms with E-state index < -0.39 is 0 Å². The average molecular weight is 136 g/mol. The minimum absolute atomic E-state index is 0.908. The maximum atomic E-state index is 3.91. The van der Waals surface area contributed by atoms with Crippen LogP contribution < -0.4 is 0 Å². The summed E-state index contributed by atoms with van der Waals surface area (Å²) < 4.78 is 0. The van der Waals surface area contributed by atoms with Crippen LogP contribution in [-0.4, -0.2) is 31.8 Å². The lowest BCUT2D eigenvalue weighted by Gasteiger charge is -2.04. The molecule has 0 spiro atoms. The molecule has 0 saturated heterocycles. The Bertz CT molecular complexity index is 171. The Morgan fingerprint density at radius 3 is 2.70 bits per heavy atom. The Balaban J connectivity index is 2.80. The fourth-order valence-corrected chi connectivity index (χ4v) is 1.13. The quantitative estimate of drug-likeness (QED) is 0.518. The Labute approximate surface area is 61.6 Å². The fourth-order valence-electron chi connectivity index (χ4n) is 1.13. The molecular weight excluding hydrogens is 124 g/mol. The molecule has 0 bridgehead atoms. The summed E-state index contributed by atoms with van der Waals surface area (Å²) in [7, 11) is 2.06. The van der Waals surface area contributed by atoms with Gasteiger partial charge in [0, 0.05) is 13.1 Å². The number of hydrogen-bond donors (Lipinski definition) is 0. The van der Waals surface area contributed by atoms with E-state index in [2.05, 4.69) is 30.2 Å². The summed E-state index contributed by atoms with van der Waals surface area (Å²) in [6, 6.07) is 0. The summed E-state index contributed by atoms with van der Waals surface area (Å²) in [6.45, 7) is 9.06. The third-order valence-corrected chi connectivity index (χ3v) is 1.67. The van der Waals surface area contributed by atoms with Gasteiger partial charge in [-0.05, 0) is 19.3 Å². The summed E-state index contributed by atoms with van der Waals surface area (Å²) >= 11 is 0. The smallest absolute Gasteiger partial charge is 0.0581 e. The minimum Gasteiger partial charge on any atom is -0.296 e. The van der Waals surface area contributed by atoms with Gasteiger partial charge in [0.2, 0.25) is 0 Å². The van der Waals surface area contributed by atoms with E-state index in [1.54, 1.807) is 0 Å². The molecule has 0 unspecified atom stereocenters. The van der Waals surface area contributed by atoms with Crippen molar-refractivity contribution in [2.75, 3.05) is 20.1 Å². The van der Waals surface area contributed by atoms with Gasteiger partial charge in [0.15, 0.2) is 0 Å². The second-order valence-electron chi connectivity index (χ2n) is 2.51. The van der Waals surface area contributed by atoms with Crippen molar-refractivity contribution in [1.29, 1.82) is 0 Å². The van der Waals surface area contributed by atoms with Gasteiger partial charge in [-0.3, -0.25) is 9.89 Å². The predicted octanol–water partition coefficient (Wildman–Crippen LogP) is 1.07. The number of nitrogens with zero attached hydrogens (tertiary/aromatic N) is 2. The van der Waals surface area contributed by atoms with Crippen molar-refractivity contribution in [3.05, 3.63) is 23.9 Å². The predicted molar refractivity (Wildman–Crippen MR) is 44.3 cm³/mol. The molecule has 0 aliphatic carbocycles. The van der Waals surface area contributed by atoms with E-state index in [1.807, 2.05) is 6.08 Å². The Kier molecular flexibility index (Phi) is 2.02. The molecule has 54 valence electrons. The molecule has 0 aromatic rings. The van der Waals surface area contributed by atoms with Crippen LogP contribution in [-0.2, 0) is 0 Å². The molecule has 1 heterocycles. The summed E-state index contributed by atoms with van der Waals surface area (Å²) in [5.41, 5.74) is 2.27. The highest BCUT2D eigenvalue weighted by Gasteiger charge is 2.14. The zero-order valence-electron chi connectivity index (χ0n) is 6.30. The summed E-state index contributed by atoms with van der Waals surface area (Å²) in [4.78, 5) is 6.09. The molecule has 2 nitrogen and oxygen atoms in total. The lowest BCUT2D eigenvalue weighted by atomic mass is 10.2. The molecule has 1 aliphatic heterocycles. The lowest BCUT2D eigenvalue weighted by molar-refractivity contribution is 0.425. The van der Waals surface area contributed by atoms with Crippen molar-refractivity contribution in [3.8, 4) is 0 Å². The second kappa shape index (κ2) is 2.80. The van der Waals surface area contributed by atoms with Crippen LogP contribution in [0.15, 0.2) is 28.9 Å².